The Balaban J connectivity index is 1.80. The van der Waals surface area contributed by atoms with E-state index in [-0.39, 0.29) is 6.10 Å². The third-order valence-corrected chi connectivity index (χ3v) is 4.57. The Hall–Kier alpha value is -1.16. The molecule has 3 rings (SSSR count). The fourth-order valence-electron chi connectivity index (χ4n) is 3.02. The molecule has 1 atom stereocenters. The molecule has 0 spiro atoms. The van der Waals surface area contributed by atoms with Crippen molar-refractivity contribution in [2.75, 3.05) is 13.1 Å². The molecule has 1 N–H and O–H groups in total. The number of aliphatic hydroxyl groups is 1. The highest BCUT2D eigenvalue weighted by Gasteiger charge is 2.20. The first-order chi connectivity index (χ1) is 10.1. The van der Waals surface area contributed by atoms with Crippen LogP contribution >= 0.6 is 15.9 Å². The van der Waals surface area contributed by atoms with Gasteiger partial charge in [-0.05, 0) is 47.7 Å². The number of nitrogens with zero attached hydrogens (tertiary/aromatic N) is 1. The van der Waals surface area contributed by atoms with Gasteiger partial charge in [0.2, 0.25) is 0 Å². The minimum atomic E-state index is -0.146. The van der Waals surface area contributed by atoms with Gasteiger partial charge in [-0.15, -0.1) is 0 Å². The van der Waals surface area contributed by atoms with E-state index < -0.39 is 0 Å². The fourth-order valence-corrected chi connectivity index (χ4v) is 3.42. The van der Waals surface area contributed by atoms with Crippen LogP contribution in [0.25, 0.3) is 11.1 Å². The van der Waals surface area contributed by atoms with E-state index >= 15 is 0 Å². The van der Waals surface area contributed by atoms with Crippen molar-refractivity contribution < 1.29 is 5.11 Å². The van der Waals surface area contributed by atoms with E-state index in [9.17, 15) is 5.11 Å². The number of aliphatic hydroxyl groups excluding tert-OH is 1. The molecule has 0 radical (unpaired) electrons. The zero-order valence-corrected chi connectivity index (χ0v) is 13.8. The quantitative estimate of drug-likeness (QED) is 0.908. The van der Waals surface area contributed by atoms with E-state index in [4.69, 9.17) is 0 Å². The van der Waals surface area contributed by atoms with Crippen LogP contribution in [0.3, 0.4) is 0 Å². The molecule has 3 heteroatoms. The highest BCUT2D eigenvalue weighted by atomic mass is 79.9. The molecular weight excluding hydrogens is 326 g/mol. The number of aryl methyl sites for hydroxylation is 1. The predicted molar refractivity (Wildman–Crippen MR) is 90.2 cm³/mol. The van der Waals surface area contributed by atoms with Crippen LogP contribution in [0.5, 0.6) is 0 Å². The largest absolute Gasteiger partial charge is 0.392 e. The Morgan fingerprint density at radius 1 is 1.24 bits per heavy atom. The van der Waals surface area contributed by atoms with Crippen molar-refractivity contribution in [1.29, 1.82) is 0 Å². The van der Waals surface area contributed by atoms with E-state index in [2.05, 4.69) is 64.2 Å². The lowest BCUT2D eigenvalue weighted by atomic mass is 9.98. The molecule has 2 nitrogen and oxygen atoms in total. The SMILES string of the molecule is Cc1cc(CN2CC[C@H](O)C2)ccc1-c1cccc(Br)c1. The Morgan fingerprint density at radius 3 is 2.76 bits per heavy atom. The summed E-state index contributed by atoms with van der Waals surface area (Å²) in [4.78, 5) is 2.32. The van der Waals surface area contributed by atoms with Crippen molar-refractivity contribution in [3.05, 3.63) is 58.1 Å². The maximum Gasteiger partial charge on any atom is 0.0679 e. The molecule has 1 heterocycles. The lowest BCUT2D eigenvalue weighted by molar-refractivity contribution is 0.175. The van der Waals surface area contributed by atoms with E-state index in [1.54, 1.807) is 0 Å². The number of hydrogen-bond donors (Lipinski definition) is 1. The van der Waals surface area contributed by atoms with Crippen LogP contribution in [-0.4, -0.2) is 29.2 Å². The number of halogens is 1. The minimum Gasteiger partial charge on any atom is -0.392 e. The van der Waals surface area contributed by atoms with Crippen molar-refractivity contribution in [1.82, 2.24) is 4.90 Å². The van der Waals surface area contributed by atoms with Gasteiger partial charge in [0.15, 0.2) is 0 Å². The van der Waals surface area contributed by atoms with Crippen LogP contribution in [0.2, 0.25) is 0 Å². The lowest BCUT2D eigenvalue weighted by Gasteiger charge is -2.16. The fraction of sp³-hybridized carbons (Fsp3) is 0.333. The number of rotatable bonds is 3. The lowest BCUT2D eigenvalue weighted by Crippen LogP contribution is -2.21. The molecule has 0 unspecified atom stereocenters. The predicted octanol–water partition coefficient (Wildman–Crippen LogP) is 3.99. The Morgan fingerprint density at radius 2 is 2.10 bits per heavy atom. The molecule has 0 amide bonds. The van der Waals surface area contributed by atoms with Crippen LogP contribution in [0.4, 0.5) is 0 Å². The van der Waals surface area contributed by atoms with Gasteiger partial charge in [-0.25, -0.2) is 0 Å². The van der Waals surface area contributed by atoms with Gasteiger partial charge in [0.1, 0.15) is 0 Å². The second kappa shape index (κ2) is 6.30. The second-order valence-corrected chi connectivity index (χ2v) is 6.75. The van der Waals surface area contributed by atoms with Crippen molar-refractivity contribution >= 4 is 15.9 Å². The molecule has 1 saturated heterocycles. The van der Waals surface area contributed by atoms with Gasteiger partial charge in [0, 0.05) is 24.1 Å². The first-order valence-electron chi connectivity index (χ1n) is 7.38. The van der Waals surface area contributed by atoms with Gasteiger partial charge in [0.05, 0.1) is 6.10 Å². The molecule has 2 aromatic rings. The maximum atomic E-state index is 9.60. The normalized spacial score (nSPS) is 19.1. The zero-order valence-electron chi connectivity index (χ0n) is 12.2. The van der Waals surface area contributed by atoms with Gasteiger partial charge in [-0.1, -0.05) is 46.3 Å². The molecule has 0 saturated carbocycles. The number of benzene rings is 2. The summed E-state index contributed by atoms with van der Waals surface area (Å²) in [6.45, 7) is 4.88. The number of β-amino-alcohol motifs (C(OH)–C–C–N with tert-alkyl or cyclic N) is 1. The third kappa shape index (κ3) is 3.54. The average molecular weight is 346 g/mol. The molecule has 1 fully saturated rings. The molecule has 110 valence electrons. The van der Waals surface area contributed by atoms with Gasteiger partial charge in [-0.3, -0.25) is 4.90 Å². The van der Waals surface area contributed by atoms with Crippen molar-refractivity contribution in [3.63, 3.8) is 0 Å². The van der Waals surface area contributed by atoms with Gasteiger partial charge in [0.25, 0.3) is 0 Å². The first kappa shape index (κ1) is 14.8. The number of hydrogen-bond acceptors (Lipinski definition) is 2. The smallest absolute Gasteiger partial charge is 0.0679 e. The van der Waals surface area contributed by atoms with Crippen molar-refractivity contribution in [2.24, 2.45) is 0 Å². The Bertz CT molecular complexity index is 641. The first-order valence-corrected chi connectivity index (χ1v) is 8.17. The summed E-state index contributed by atoms with van der Waals surface area (Å²) >= 11 is 3.53. The highest BCUT2D eigenvalue weighted by Crippen LogP contribution is 2.27. The summed E-state index contributed by atoms with van der Waals surface area (Å²) in [6.07, 6.45) is 0.752. The monoisotopic (exact) mass is 345 g/mol. The summed E-state index contributed by atoms with van der Waals surface area (Å²) in [5.41, 5.74) is 5.14. The molecule has 1 aliphatic heterocycles. The zero-order chi connectivity index (χ0) is 14.8. The number of likely N-dealkylation sites (tertiary alicyclic amines) is 1. The average Bonchev–Trinajstić information content (AvgIpc) is 2.84. The summed E-state index contributed by atoms with van der Waals surface area (Å²) < 4.78 is 1.11. The van der Waals surface area contributed by atoms with E-state index in [0.717, 1.165) is 30.5 Å². The Labute approximate surface area is 134 Å². The third-order valence-electron chi connectivity index (χ3n) is 4.08. The van der Waals surface area contributed by atoms with Gasteiger partial charge >= 0.3 is 0 Å². The standard InChI is InChI=1S/C18H20BrNO/c1-13-9-14(11-20-8-7-17(21)12-20)5-6-18(13)15-3-2-4-16(19)10-15/h2-6,9-10,17,21H,7-8,11-12H2,1H3/t17-/m0/s1. The van der Waals surface area contributed by atoms with E-state index in [1.165, 1.54) is 22.3 Å². The highest BCUT2D eigenvalue weighted by molar-refractivity contribution is 9.10. The molecule has 0 aliphatic carbocycles. The van der Waals surface area contributed by atoms with Crippen molar-refractivity contribution in [2.45, 2.75) is 26.0 Å². The topological polar surface area (TPSA) is 23.5 Å². The molecule has 0 bridgehead atoms. The second-order valence-electron chi connectivity index (χ2n) is 5.84. The summed E-state index contributed by atoms with van der Waals surface area (Å²) in [6, 6.07) is 15.1. The minimum absolute atomic E-state index is 0.146. The Kier molecular flexibility index (Phi) is 4.43. The molecule has 2 aromatic carbocycles. The molecular formula is C18H20BrNO. The summed E-state index contributed by atoms with van der Waals surface area (Å²) in [7, 11) is 0. The van der Waals surface area contributed by atoms with Crippen LogP contribution < -0.4 is 0 Å². The van der Waals surface area contributed by atoms with Crippen LogP contribution in [0, 0.1) is 6.92 Å². The van der Waals surface area contributed by atoms with E-state index in [0.29, 0.717) is 0 Å². The van der Waals surface area contributed by atoms with Gasteiger partial charge < -0.3 is 5.11 Å². The van der Waals surface area contributed by atoms with Crippen molar-refractivity contribution in [3.8, 4) is 11.1 Å². The van der Waals surface area contributed by atoms with Gasteiger partial charge in [-0.2, -0.15) is 0 Å². The summed E-state index contributed by atoms with van der Waals surface area (Å²) in [5, 5.41) is 9.60. The van der Waals surface area contributed by atoms with Crippen LogP contribution in [-0.2, 0) is 6.54 Å². The molecule has 1 aliphatic rings. The molecule has 0 aromatic heterocycles. The van der Waals surface area contributed by atoms with Crippen LogP contribution in [0.15, 0.2) is 46.9 Å². The maximum absolute atomic E-state index is 9.60. The van der Waals surface area contributed by atoms with E-state index in [1.807, 2.05) is 6.07 Å². The molecule has 21 heavy (non-hydrogen) atoms. The summed E-state index contributed by atoms with van der Waals surface area (Å²) in [5.74, 6) is 0. The van der Waals surface area contributed by atoms with Crippen LogP contribution in [0.1, 0.15) is 17.5 Å².